The second-order valence-corrected chi connectivity index (χ2v) is 4.14. The van der Waals surface area contributed by atoms with Crippen LogP contribution in [-0.2, 0) is 18.9 Å². The first-order valence-corrected chi connectivity index (χ1v) is 5.54. The molecule has 0 aliphatic rings. The van der Waals surface area contributed by atoms with Crippen LogP contribution in [0.15, 0.2) is 47.4 Å². The van der Waals surface area contributed by atoms with Crippen LogP contribution in [0.3, 0.4) is 0 Å². The minimum absolute atomic E-state index is 1.21. The first-order valence-electron chi connectivity index (χ1n) is 3.40. The summed E-state index contributed by atoms with van der Waals surface area (Å²) in [5, 5.41) is 4.08. The zero-order valence-corrected chi connectivity index (χ0v) is 9.52. The summed E-state index contributed by atoms with van der Waals surface area (Å²) >= 11 is 3.73. The van der Waals surface area contributed by atoms with Crippen molar-refractivity contribution in [1.29, 1.82) is 0 Å². The van der Waals surface area contributed by atoms with Gasteiger partial charge in [0.15, 0.2) is 0 Å². The average molecular weight is 354 g/mol. The van der Waals surface area contributed by atoms with E-state index in [2.05, 4.69) is 4.98 Å². The van der Waals surface area contributed by atoms with Gasteiger partial charge in [0, 0.05) is 0 Å². The number of nitrogens with zero attached hydrogens (tertiary/aromatic N) is 1. The summed E-state index contributed by atoms with van der Waals surface area (Å²) in [5.41, 5.74) is 0. The summed E-state index contributed by atoms with van der Waals surface area (Å²) in [6.45, 7) is 0. The van der Waals surface area contributed by atoms with Crippen LogP contribution in [0.1, 0.15) is 0 Å². The smallest absolute Gasteiger partial charge is 0.00934 e. The van der Waals surface area contributed by atoms with Gasteiger partial charge in [-0.15, -0.1) is 0 Å². The van der Waals surface area contributed by atoms with Crippen molar-refractivity contribution in [3.63, 3.8) is 0 Å². The van der Waals surface area contributed by atoms with Crippen molar-refractivity contribution in [2.45, 2.75) is 0 Å². The minimum atomic E-state index is 1.21. The van der Waals surface area contributed by atoms with Crippen molar-refractivity contribution < 1.29 is 18.9 Å². The first kappa shape index (κ1) is 9.59. The number of rotatable bonds is 0. The maximum Gasteiger partial charge on any atom is -0.00934 e. The maximum atomic E-state index is 3.88. The minimum Gasteiger partial charge on any atom is -0.152 e. The zero-order chi connectivity index (χ0) is 8.65. The number of thiophene rings is 1. The molecule has 12 heavy (non-hydrogen) atoms. The third-order valence-corrected chi connectivity index (χ3v) is 2.37. The monoisotopic (exact) mass is 355 g/mol. The summed E-state index contributed by atoms with van der Waals surface area (Å²) in [6, 6.07) is 7.98. The topological polar surface area (TPSA) is 12.9 Å². The Morgan fingerprint density at radius 1 is 1.17 bits per heavy atom. The summed E-state index contributed by atoms with van der Waals surface area (Å²) in [4.78, 5) is 3.88. The molecule has 0 saturated carbocycles. The van der Waals surface area contributed by atoms with Crippen LogP contribution in [0.5, 0.6) is 0 Å². The quantitative estimate of drug-likeness (QED) is 0.705. The third kappa shape index (κ3) is 4.39. The van der Waals surface area contributed by atoms with E-state index in [-0.39, 0.29) is 0 Å². The van der Waals surface area contributed by atoms with Crippen LogP contribution in [0.2, 0.25) is 0 Å². The van der Waals surface area contributed by atoms with Crippen LogP contribution in [-0.4, -0.2) is 4.98 Å². The number of hydrogen-bond acceptors (Lipinski definition) is 2. The molecule has 0 aromatic carbocycles. The van der Waals surface area contributed by atoms with E-state index in [1.807, 2.05) is 60.1 Å². The van der Waals surface area contributed by atoms with Crippen molar-refractivity contribution in [2.75, 3.05) is 0 Å². The molecule has 3 heteroatoms. The normalized spacial score (nSPS) is 8.50. The van der Waals surface area contributed by atoms with Gasteiger partial charge < -0.3 is 0 Å². The second kappa shape index (κ2) is 6.06. The van der Waals surface area contributed by atoms with Crippen molar-refractivity contribution in [2.24, 2.45) is 0 Å². The van der Waals surface area contributed by atoms with Gasteiger partial charge in [0.1, 0.15) is 0 Å². The molecule has 0 aliphatic heterocycles. The maximum absolute atomic E-state index is 3.88. The van der Waals surface area contributed by atoms with Crippen molar-refractivity contribution in [3.8, 4) is 0 Å². The molecule has 0 unspecified atom stereocenters. The largest absolute Gasteiger partial charge is 0.152 e. The fourth-order valence-electron chi connectivity index (χ4n) is 0.561. The third-order valence-electron chi connectivity index (χ3n) is 1.04. The summed E-state index contributed by atoms with van der Waals surface area (Å²) < 4.78 is 1.21. The molecule has 0 saturated heterocycles. The van der Waals surface area contributed by atoms with E-state index in [0.29, 0.717) is 0 Å². The summed E-state index contributed by atoms with van der Waals surface area (Å²) in [5.74, 6) is 0. The van der Waals surface area contributed by atoms with Gasteiger partial charge in [-0.05, 0) is 10.8 Å². The standard InChI is InChI=1S/C5H4N.C4H4S.Ir/c1-2-4-6-5-3-1;1-2-4-5-3-1;/h1-2,4-5H;1-4H;. The van der Waals surface area contributed by atoms with E-state index in [1.54, 1.807) is 17.5 Å². The average Bonchev–Trinajstić information content (AvgIpc) is 2.62. The first-order chi connectivity index (χ1) is 5.89. The van der Waals surface area contributed by atoms with Crippen molar-refractivity contribution >= 4 is 15.4 Å². The fraction of sp³-hybridized carbons (Fsp3) is 0. The Labute approximate surface area is 86.6 Å². The van der Waals surface area contributed by atoms with Crippen molar-refractivity contribution in [1.82, 2.24) is 4.98 Å². The van der Waals surface area contributed by atoms with Crippen LogP contribution >= 0.6 is 11.3 Å². The molecule has 0 radical (unpaired) electrons. The number of pyridine rings is 1. The Balaban J connectivity index is 0.000000127. The van der Waals surface area contributed by atoms with Gasteiger partial charge in [0.2, 0.25) is 0 Å². The van der Waals surface area contributed by atoms with Crippen LogP contribution in [0.25, 0.3) is 0 Å². The van der Waals surface area contributed by atoms with E-state index in [9.17, 15) is 0 Å². The predicted molar refractivity (Wildman–Crippen MR) is 48.2 cm³/mol. The molecular weight excluding hydrogens is 346 g/mol. The molecule has 64 valence electrons. The Morgan fingerprint density at radius 3 is 2.17 bits per heavy atom. The molecule has 0 aliphatic carbocycles. The van der Waals surface area contributed by atoms with E-state index < -0.39 is 0 Å². The van der Waals surface area contributed by atoms with E-state index in [0.717, 1.165) is 0 Å². The molecule has 1 nitrogen and oxygen atoms in total. The predicted octanol–water partition coefficient (Wildman–Crippen LogP) is 2.00. The summed E-state index contributed by atoms with van der Waals surface area (Å²) in [7, 11) is 0. The number of aromatic nitrogens is 1. The van der Waals surface area contributed by atoms with Gasteiger partial charge >= 0.3 is 52.5 Å². The molecular formula is C9H8IrNS. The van der Waals surface area contributed by atoms with Gasteiger partial charge in [-0.25, -0.2) is 0 Å². The number of hydrogen-bond donors (Lipinski definition) is 0. The molecule has 2 rings (SSSR count). The Bertz CT molecular complexity index is 263. The van der Waals surface area contributed by atoms with E-state index in [4.69, 9.17) is 0 Å². The zero-order valence-electron chi connectivity index (χ0n) is 6.31. The Kier molecular flexibility index (Phi) is 4.84. The SMILES string of the molecule is [Ir][c]1cccnc1.c1ccsc1. The van der Waals surface area contributed by atoms with Gasteiger partial charge in [-0.2, -0.15) is 11.3 Å². The van der Waals surface area contributed by atoms with Crippen molar-refractivity contribution in [3.05, 3.63) is 47.4 Å². The molecule has 2 aromatic rings. The van der Waals surface area contributed by atoms with E-state index in [1.165, 1.54) is 4.08 Å². The molecule has 2 heterocycles. The van der Waals surface area contributed by atoms with Gasteiger partial charge in [0.05, 0.1) is 0 Å². The molecule has 0 amide bonds. The molecule has 0 N–H and O–H groups in total. The molecule has 0 bridgehead atoms. The van der Waals surface area contributed by atoms with Crippen LogP contribution < -0.4 is 4.08 Å². The Hall–Kier alpha value is -0.501. The van der Waals surface area contributed by atoms with Crippen LogP contribution in [0, 0.1) is 0 Å². The van der Waals surface area contributed by atoms with Gasteiger partial charge in [-0.1, -0.05) is 12.1 Å². The fourth-order valence-corrected chi connectivity index (χ4v) is 1.42. The van der Waals surface area contributed by atoms with Crippen LogP contribution in [0.4, 0.5) is 0 Å². The van der Waals surface area contributed by atoms with Gasteiger partial charge in [-0.3, -0.25) is 0 Å². The molecule has 0 fully saturated rings. The summed E-state index contributed by atoms with van der Waals surface area (Å²) in [6.07, 6.45) is 3.60. The van der Waals surface area contributed by atoms with E-state index >= 15 is 0 Å². The molecule has 2 aromatic heterocycles. The Morgan fingerprint density at radius 2 is 1.92 bits per heavy atom. The second-order valence-electron chi connectivity index (χ2n) is 1.94. The molecule has 0 spiro atoms. The molecule has 0 atom stereocenters. The van der Waals surface area contributed by atoms with Gasteiger partial charge in [0.25, 0.3) is 0 Å².